The van der Waals surface area contributed by atoms with Gasteiger partial charge < -0.3 is 19.3 Å². The van der Waals surface area contributed by atoms with E-state index in [-0.39, 0.29) is 52.5 Å². The third kappa shape index (κ3) is 6.53. The number of likely N-dealkylation sites (N-methyl/N-ethyl adjacent to an activating group) is 1. The van der Waals surface area contributed by atoms with Crippen molar-refractivity contribution in [1.82, 2.24) is 18.8 Å². The molecule has 0 bridgehead atoms. The second-order valence-electron chi connectivity index (χ2n) is 10.1. The van der Waals surface area contributed by atoms with E-state index in [2.05, 4.69) is 9.71 Å². The van der Waals surface area contributed by atoms with Crippen LogP contribution >= 0.6 is 0 Å². The molecule has 0 fully saturated rings. The van der Waals surface area contributed by atoms with Gasteiger partial charge >= 0.3 is 0 Å². The summed E-state index contributed by atoms with van der Waals surface area (Å²) in [4.78, 5) is 18.9. The number of fused-ring (bicyclic) bond motifs is 1. The van der Waals surface area contributed by atoms with Crippen molar-refractivity contribution < 1.29 is 35.9 Å². The lowest BCUT2D eigenvalue weighted by Crippen LogP contribution is -2.50. The number of nitrogens with one attached hydrogen (secondary N) is 1. The molecule has 2 aromatic carbocycles. The van der Waals surface area contributed by atoms with Crippen molar-refractivity contribution >= 4 is 31.6 Å². The number of aliphatic hydroxyl groups excluding tert-OH is 1. The van der Waals surface area contributed by atoms with Crippen molar-refractivity contribution in [1.29, 1.82) is 0 Å². The minimum atomic E-state index is -4.10. The topological polar surface area (TPSA) is 151 Å². The molecule has 3 aromatic rings. The second-order valence-corrected chi connectivity index (χ2v) is 13.7. The first-order valence-electron chi connectivity index (χ1n) is 12.7. The van der Waals surface area contributed by atoms with Crippen LogP contribution in [0.4, 0.5) is 10.1 Å². The zero-order chi connectivity index (χ0) is 30.1. The molecular weight excluding hydrogens is 577 g/mol. The van der Waals surface area contributed by atoms with E-state index in [1.165, 1.54) is 47.2 Å². The van der Waals surface area contributed by atoms with Crippen LogP contribution in [0.25, 0.3) is 0 Å². The van der Waals surface area contributed by atoms with E-state index >= 15 is 0 Å². The van der Waals surface area contributed by atoms with Gasteiger partial charge in [-0.3, -0.25) is 9.52 Å². The number of aliphatic hydroxyl groups is 1. The summed E-state index contributed by atoms with van der Waals surface area (Å²) in [6.45, 7) is 3.21. The molecule has 0 aliphatic carbocycles. The average molecular weight is 610 g/mol. The maximum Gasteiger partial charge on any atom is 0.261 e. The average Bonchev–Trinajstić information content (AvgIpc) is 3.37. The van der Waals surface area contributed by atoms with E-state index in [9.17, 15) is 31.1 Å². The van der Waals surface area contributed by atoms with Crippen molar-refractivity contribution in [3.63, 3.8) is 0 Å². The number of sulfonamides is 2. The van der Waals surface area contributed by atoms with Crippen LogP contribution in [0.2, 0.25) is 0 Å². The normalized spacial score (nSPS) is 18.8. The zero-order valence-corrected chi connectivity index (χ0v) is 24.6. The fourth-order valence-corrected chi connectivity index (χ4v) is 6.56. The number of benzene rings is 2. The predicted molar refractivity (Wildman–Crippen MR) is 148 cm³/mol. The molecule has 15 heteroatoms. The quantitative estimate of drug-likeness (QED) is 0.373. The number of hydrogen-bond acceptors (Lipinski definition) is 8. The maximum atomic E-state index is 13.6. The summed E-state index contributed by atoms with van der Waals surface area (Å²) in [6.07, 6.45) is 2.05. The van der Waals surface area contributed by atoms with Crippen LogP contribution in [0.15, 0.2) is 64.9 Å². The zero-order valence-electron chi connectivity index (χ0n) is 22.9. The lowest BCUT2D eigenvalue weighted by atomic mass is 9.99. The van der Waals surface area contributed by atoms with Gasteiger partial charge in [0.1, 0.15) is 17.7 Å². The maximum absolute atomic E-state index is 13.6. The first kappa shape index (κ1) is 30.4. The molecule has 3 atom stereocenters. The third-order valence-electron chi connectivity index (χ3n) is 6.83. The van der Waals surface area contributed by atoms with Gasteiger partial charge in [0.15, 0.2) is 5.03 Å². The number of aromatic nitrogens is 2. The number of ether oxygens (including phenoxy) is 1. The Hall–Kier alpha value is -3.53. The van der Waals surface area contributed by atoms with Gasteiger partial charge in [-0.15, -0.1) is 0 Å². The van der Waals surface area contributed by atoms with Crippen LogP contribution in [-0.2, 0) is 27.1 Å². The van der Waals surface area contributed by atoms with Crippen LogP contribution in [0.3, 0.4) is 0 Å². The number of carbonyl (C=O) groups is 1. The molecule has 41 heavy (non-hydrogen) atoms. The van der Waals surface area contributed by atoms with Crippen molar-refractivity contribution in [2.24, 2.45) is 13.0 Å². The molecule has 2 heterocycles. The van der Waals surface area contributed by atoms with E-state index < -0.39 is 43.9 Å². The molecule has 1 amide bonds. The fourth-order valence-electron chi connectivity index (χ4n) is 4.37. The SMILES string of the molecule is C[C@@H]1CN([C@@H](C)CO)C(=O)c2cc(NS(=O)(=O)c3ccc(F)cc3)ccc2O[C@H]1CN(C)S(=O)(=O)c1cn(C)cn1. The number of amides is 1. The van der Waals surface area contributed by atoms with Crippen LogP contribution < -0.4 is 9.46 Å². The Morgan fingerprint density at radius 2 is 1.88 bits per heavy atom. The number of anilines is 1. The van der Waals surface area contributed by atoms with Gasteiger partial charge in [0.2, 0.25) is 0 Å². The molecule has 0 saturated heterocycles. The molecule has 4 rings (SSSR count). The lowest BCUT2D eigenvalue weighted by Gasteiger charge is -2.38. The second kappa shape index (κ2) is 11.8. The number of hydrogen-bond donors (Lipinski definition) is 2. The van der Waals surface area contributed by atoms with E-state index in [0.29, 0.717) is 0 Å². The highest BCUT2D eigenvalue weighted by molar-refractivity contribution is 7.92. The van der Waals surface area contributed by atoms with Crippen molar-refractivity contribution in [2.75, 3.05) is 31.5 Å². The van der Waals surface area contributed by atoms with Crippen LogP contribution in [0, 0.1) is 11.7 Å². The summed E-state index contributed by atoms with van der Waals surface area (Å²) >= 11 is 0. The highest BCUT2D eigenvalue weighted by Crippen LogP contribution is 2.32. The van der Waals surface area contributed by atoms with Crippen LogP contribution in [0.1, 0.15) is 24.2 Å². The van der Waals surface area contributed by atoms with Gasteiger partial charge in [0, 0.05) is 38.4 Å². The summed E-state index contributed by atoms with van der Waals surface area (Å²) in [7, 11) is -4.98. The molecule has 0 unspecified atom stereocenters. The number of halogens is 1. The highest BCUT2D eigenvalue weighted by atomic mass is 32.2. The molecule has 1 aliphatic heterocycles. The number of nitrogens with zero attached hydrogens (tertiary/aromatic N) is 4. The third-order valence-corrected chi connectivity index (χ3v) is 9.94. The first-order chi connectivity index (χ1) is 19.2. The van der Waals surface area contributed by atoms with Gasteiger partial charge in [0.25, 0.3) is 26.0 Å². The van der Waals surface area contributed by atoms with Crippen molar-refractivity contribution in [2.45, 2.75) is 35.9 Å². The van der Waals surface area contributed by atoms with Gasteiger partial charge in [-0.25, -0.2) is 26.2 Å². The number of rotatable bonds is 9. The summed E-state index contributed by atoms with van der Waals surface area (Å²) in [5.74, 6) is -1.33. The Bertz CT molecular complexity index is 1630. The van der Waals surface area contributed by atoms with Gasteiger partial charge in [-0.2, -0.15) is 4.31 Å². The smallest absolute Gasteiger partial charge is 0.261 e. The monoisotopic (exact) mass is 609 g/mol. The predicted octanol–water partition coefficient (Wildman–Crippen LogP) is 1.90. The molecular formula is C26H32FN5O7S2. The standard InChI is InChI=1S/C26H32FN5O7S2/c1-17-12-32(18(2)15-33)26(34)22-11-20(29-40(35,36)21-8-5-19(27)6-9-21)7-10-23(22)39-24(17)13-31(4)41(37,38)25-14-30(3)16-28-25/h5-11,14,16-18,24,29,33H,12-13,15H2,1-4H3/t17-,18+,24+/m1/s1. The van der Waals surface area contributed by atoms with Crippen molar-refractivity contribution in [3.8, 4) is 5.75 Å². The fraction of sp³-hybridized carbons (Fsp3) is 0.385. The summed E-state index contributed by atoms with van der Waals surface area (Å²) < 4.78 is 76.5. The Kier molecular flexibility index (Phi) is 8.73. The van der Waals surface area contributed by atoms with Crippen molar-refractivity contribution in [3.05, 3.63) is 66.4 Å². The number of carbonyl (C=O) groups excluding carboxylic acids is 1. The molecule has 222 valence electrons. The Labute approximate surface area is 238 Å². The number of aryl methyl sites for hydroxylation is 1. The Balaban J connectivity index is 1.68. The highest BCUT2D eigenvalue weighted by Gasteiger charge is 2.36. The van der Waals surface area contributed by atoms with Crippen LogP contribution in [0.5, 0.6) is 5.75 Å². The molecule has 0 radical (unpaired) electrons. The minimum absolute atomic E-state index is 0.0248. The van der Waals surface area contributed by atoms with E-state index in [1.807, 2.05) is 6.92 Å². The first-order valence-corrected chi connectivity index (χ1v) is 15.6. The molecule has 0 saturated carbocycles. The van der Waals surface area contributed by atoms with Crippen LogP contribution in [-0.4, -0.2) is 85.5 Å². The largest absolute Gasteiger partial charge is 0.488 e. The van der Waals surface area contributed by atoms with Gasteiger partial charge in [0.05, 0.1) is 36.0 Å². The van der Waals surface area contributed by atoms with E-state index in [1.54, 1.807) is 14.0 Å². The summed E-state index contributed by atoms with van der Waals surface area (Å²) in [5, 5.41) is 9.74. The molecule has 1 aromatic heterocycles. The van der Waals surface area contributed by atoms with E-state index in [4.69, 9.17) is 4.74 Å². The summed E-state index contributed by atoms with van der Waals surface area (Å²) in [6, 6.07) is 7.83. The molecule has 12 nitrogen and oxygen atoms in total. The molecule has 2 N–H and O–H groups in total. The minimum Gasteiger partial charge on any atom is -0.488 e. The Morgan fingerprint density at radius 1 is 1.20 bits per heavy atom. The van der Waals surface area contributed by atoms with Gasteiger partial charge in [-0.05, 0) is 49.4 Å². The molecule has 0 spiro atoms. The van der Waals surface area contributed by atoms with Gasteiger partial charge in [-0.1, -0.05) is 6.92 Å². The molecule has 1 aliphatic rings. The Morgan fingerprint density at radius 3 is 2.49 bits per heavy atom. The number of imidazole rings is 1. The lowest BCUT2D eigenvalue weighted by molar-refractivity contribution is 0.0387. The summed E-state index contributed by atoms with van der Waals surface area (Å²) in [5.41, 5.74) is 0.0818. The van der Waals surface area contributed by atoms with E-state index in [0.717, 1.165) is 28.6 Å².